The number of nitrogens with one attached hydrogen (secondary N) is 2. The topological polar surface area (TPSA) is 99.5 Å². The molecule has 0 saturated carbocycles. The van der Waals surface area contributed by atoms with Gasteiger partial charge in [-0.2, -0.15) is 10.1 Å². The van der Waals surface area contributed by atoms with Gasteiger partial charge in [-0.05, 0) is 55.8 Å². The van der Waals surface area contributed by atoms with E-state index in [1.807, 2.05) is 50.2 Å². The molecule has 2 N–H and O–H groups in total. The smallest absolute Gasteiger partial charge is 0.255 e. The first kappa shape index (κ1) is 27.4. The van der Waals surface area contributed by atoms with Gasteiger partial charge >= 0.3 is 0 Å². The molecule has 0 unspecified atom stereocenters. The lowest BCUT2D eigenvalue weighted by Crippen LogP contribution is -2.31. The SMILES string of the molecule is CCOc1cc([C@H]2C(C(=O)Nc3ccccc3OC)=C(C)Nc3ncnn32)ccc1OCc1ccc(Cl)cc1Cl. The predicted molar refractivity (Wildman–Crippen MR) is 155 cm³/mol. The van der Waals surface area contributed by atoms with Crippen molar-refractivity contribution in [1.82, 2.24) is 14.8 Å². The Kier molecular flexibility index (Phi) is 8.14. The highest BCUT2D eigenvalue weighted by Gasteiger charge is 2.34. The molecule has 0 bridgehead atoms. The minimum Gasteiger partial charge on any atom is -0.495 e. The molecule has 1 atom stereocenters. The molecule has 1 aliphatic heterocycles. The maximum Gasteiger partial charge on any atom is 0.255 e. The lowest BCUT2D eigenvalue weighted by molar-refractivity contribution is -0.113. The Morgan fingerprint density at radius 3 is 2.65 bits per heavy atom. The molecule has 3 aromatic carbocycles. The van der Waals surface area contributed by atoms with Crippen molar-refractivity contribution in [3.8, 4) is 17.2 Å². The molecule has 2 heterocycles. The molecule has 1 amide bonds. The molecule has 206 valence electrons. The minimum atomic E-state index is -0.590. The van der Waals surface area contributed by atoms with Crippen molar-refractivity contribution >= 4 is 40.7 Å². The van der Waals surface area contributed by atoms with E-state index in [1.165, 1.54) is 6.33 Å². The van der Waals surface area contributed by atoms with E-state index in [0.29, 0.717) is 56.8 Å². The number of methoxy groups -OCH3 is 1. The molecule has 1 aliphatic rings. The van der Waals surface area contributed by atoms with E-state index in [2.05, 4.69) is 20.7 Å². The molecule has 4 aromatic rings. The normalized spacial score (nSPS) is 14.3. The van der Waals surface area contributed by atoms with Crippen LogP contribution in [0.3, 0.4) is 0 Å². The molecule has 0 spiro atoms. The number of nitrogens with zero attached hydrogens (tertiary/aromatic N) is 3. The number of para-hydroxylation sites is 2. The van der Waals surface area contributed by atoms with Crippen molar-refractivity contribution in [3.63, 3.8) is 0 Å². The number of amides is 1. The van der Waals surface area contributed by atoms with Crippen molar-refractivity contribution in [3.05, 3.63) is 99.4 Å². The van der Waals surface area contributed by atoms with Crippen molar-refractivity contribution in [2.45, 2.75) is 26.5 Å². The lowest BCUT2D eigenvalue weighted by atomic mass is 9.94. The fourth-order valence-corrected chi connectivity index (χ4v) is 4.97. The summed E-state index contributed by atoms with van der Waals surface area (Å²) in [4.78, 5) is 18.1. The summed E-state index contributed by atoms with van der Waals surface area (Å²) in [5.41, 5.74) is 3.22. The number of fused-ring (bicyclic) bond motifs is 1. The van der Waals surface area contributed by atoms with E-state index >= 15 is 0 Å². The Hall–Kier alpha value is -4.21. The summed E-state index contributed by atoms with van der Waals surface area (Å²) in [7, 11) is 1.56. The highest BCUT2D eigenvalue weighted by atomic mass is 35.5. The summed E-state index contributed by atoms with van der Waals surface area (Å²) in [5, 5.41) is 11.7. The zero-order valence-corrected chi connectivity index (χ0v) is 23.6. The van der Waals surface area contributed by atoms with Crippen molar-refractivity contribution in [2.75, 3.05) is 24.4 Å². The molecule has 5 rings (SSSR count). The van der Waals surface area contributed by atoms with Crippen LogP contribution in [0.15, 0.2) is 78.3 Å². The summed E-state index contributed by atoms with van der Waals surface area (Å²) in [6.07, 6.45) is 1.44. The van der Waals surface area contributed by atoms with E-state index in [4.69, 9.17) is 37.4 Å². The quantitative estimate of drug-likeness (QED) is 0.233. The minimum absolute atomic E-state index is 0.224. The summed E-state index contributed by atoms with van der Waals surface area (Å²) in [6.45, 7) is 4.36. The molecule has 11 heteroatoms. The van der Waals surface area contributed by atoms with Gasteiger partial charge in [-0.15, -0.1) is 0 Å². The Morgan fingerprint density at radius 1 is 1.05 bits per heavy atom. The number of allylic oxidation sites excluding steroid dienone is 1. The van der Waals surface area contributed by atoms with Gasteiger partial charge in [0, 0.05) is 21.3 Å². The second-order valence-corrected chi connectivity index (χ2v) is 9.76. The fourth-order valence-electron chi connectivity index (χ4n) is 4.51. The highest BCUT2D eigenvalue weighted by molar-refractivity contribution is 6.35. The first-order valence-electron chi connectivity index (χ1n) is 12.5. The summed E-state index contributed by atoms with van der Waals surface area (Å²) in [5.74, 6) is 1.82. The van der Waals surface area contributed by atoms with Gasteiger partial charge in [0.2, 0.25) is 5.95 Å². The second kappa shape index (κ2) is 11.9. The highest BCUT2D eigenvalue weighted by Crippen LogP contribution is 2.39. The van der Waals surface area contributed by atoms with Crippen LogP contribution < -0.4 is 24.8 Å². The zero-order chi connectivity index (χ0) is 28.2. The Morgan fingerprint density at radius 2 is 1.88 bits per heavy atom. The number of rotatable bonds is 9. The van der Waals surface area contributed by atoms with Gasteiger partial charge in [-0.3, -0.25) is 4.79 Å². The van der Waals surface area contributed by atoms with Crippen LogP contribution in [-0.2, 0) is 11.4 Å². The van der Waals surface area contributed by atoms with Crippen LogP contribution in [0.25, 0.3) is 0 Å². The van der Waals surface area contributed by atoms with Crippen LogP contribution in [0, 0.1) is 0 Å². The van der Waals surface area contributed by atoms with Gasteiger partial charge < -0.3 is 24.8 Å². The van der Waals surface area contributed by atoms with Gasteiger partial charge in [0.25, 0.3) is 5.91 Å². The van der Waals surface area contributed by atoms with Crippen LogP contribution in [0.1, 0.15) is 31.0 Å². The first-order valence-corrected chi connectivity index (χ1v) is 13.3. The number of carbonyl (C=O) groups excluding carboxylic acids is 1. The molecular weight excluding hydrogens is 553 g/mol. The number of halogens is 2. The number of hydrogen-bond acceptors (Lipinski definition) is 7. The lowest BCUT2D eigenvalue weighted by Gasteiger charge is -2.29. The maximum atomic E-state index is 13.8. The molecule has 9 nitrogen and oxygen atoms in total. The summed E-state index contributed by atoms with van der Waals surface area (Å²) < 4.78 is 19.1. The molecule has 1 aromatic heterocycles. The van der Waals surface area contributed by atoms with Crippen LogP contribution in [0.4, 0.5) is 11.6 Å². The average molecular weight is 580 g/mol. The standard InChI is InChI=1S/C29H27Cl2N5O4/c1-4-39-25-13-18(10-12-24(25)40-15-19-9-11-20(30)14-21(19)31)27-26(17(2)34-29-32-16-33-36(27)29)28(37)35-22-7-5-6-8-23(22)38-3/h5-14,16,27H,4,15H2,1-3H3,(H,35,37)(H,32,33,34)/t27-/m0/s1. The molecule has 40 heavy (non-hydrogen) atoms. The number of anilines is 2. The van der Waals surface area contributed by atoms with E-state index in [9.17, 15) is 4.79 Å². The number of benzene rings is 3. The molecule has 0 aliphatic carbocycles. The van der Waals surface area contributed by atoms with Crippen molar-refractivity contribution in [2.24, 2.45) is 0 Å². The molecule has 0 saturated heterocycles. The van der Waals surface area contributed by atoms with Crippen LogP contribution in [-0.4, -0.2) is 34.4 Å². The van der Waals surface area contributed by atoms with Crippen LogP contribution >= 0.6 is 23.2 Å². The average Bonchev–Trinajstić information content (AvgIpc) is 3.41. The number of hydrogen-bond donors (Lipinski definition) is 2. The monoisotopic (exact) mass is 579 g/mol. The molecular formula is C29H27Cl2N5O4. The van der Waals surface area contributed by atoms with Gasteiger partial charge in [0.05, 0.1) is 25.0 Å². The number of ether oxygens (including phenoxy) is 3. The summed E-state index contributed by atoms with van der Waals surface area (Å²) >= 11 is 12.4. The van der Waals surface area contributed by atoms with E-state index < -0.39 is 6.04 Å². The van der Waals surface area contributed by atoms with Crippen molar-refractivity contribution < 1.29 is 19.0 Å². The largest absolute Gasteiger partial charge is 0.495 e. The Bertz CT molecular complexity index is 1590. The zero-order valence-electron chi connectivity index (χ0n) is 22.1. The van der Waals surface area contributed by atoms with Crippen LogP contribution in [0.5, 0.6) is 17.2 Å². The van der Waals surface area contributed by atoms with E-state index in [1.54, 1.807) is 36.1 Å². The van der Waals surface area contributed by atoms with Gasteiger partial charge in [0.1, 0.15) is 24.7 Å². The third-order valence-electron chi connectivity index (χ3n) is 6.38. The Labute approximate surface area is 241 Å². The van der Waals surface area contributed by atoms with Gasteiger partial charge in [-0.1, -0.05) is 47.5 Å². The third kappa shape index (κ3) is 5.57. The van der Waals surface area contributed by atoms with Crippen molar-refractivity contribution in [1.29, 1.82) is 0 Å². The maximum absolute atomic E-state index is 13.8. The second-order valence-electron chi connectivity index (χ2n) is 8.91. The number of aromatic nitrogens is 3. The van der Waals surface area contributed by atoms with E-state index in [-0.39, 0.29) is 12.5 Å². The Balaban J connectivity index is 1.49. The first-order chi connectivity index (χ1) is 19.4. The molecule has 0 radical (unpaired) electrons. The fraction of sp³-hybridized carbons (Fsp3) is 0.207. The summed E-state index contributed by atoms with van der Waals surface area (Å²) in [6, 6.07) is 17.5. The third-order valence-corrected chi connectivity index (χ3v) is 6.96. The van der Waals surface area contributed by atoms with E-state index in [0.717, 1.165) is 11.1 Å². The number of carbonyl (C=O) groups is 1. The molecule has 0 fully saturated rings. The predicted octanol–water partition coefficient (Wildman–Crippen LogP) is 6.50. The van der Waals surface area contributed by atoms with Gasteiger partial charge in [0.15, 0.2) is 11.5 Å². The van der Waals surface area contributed by atoms with Crippen LogP contribution in [0.2, 0.25) is 10.0 Å². The van der Waals surface area contributed by atoms with Gasteiger partial charge in [-0.25, -0.2) is 4.68 Å².